The zero-order valence-electron chi connectivity index (χ0n) is 10.3. The summed E-state index contributed by atoms with van der Waals surface area (Å²) in [5.74, 6) is -1.39. The van der Waals surface area contributed by atoms with Crippen molar-refractivity contribution in [1.82, 2.24) is 4.72 Å². The summed E-state index contributed by atoms with van der Waals surface area (Å²) in [6.07, 6.45) is 0. The molecule has 10 heteroatoms. The van der Waals surface area contributed by atoms with Crippen molar-refractivity contribution in [1.29, 1.82) is 0 Å². The number of nitro groups is 1. The maximum absolute atomic E-state index is 11.9. The molecule has 0 aliphatic heterocycles. The molecule has 0 fully saturated rings. The number of nitro benzene ring substituents is 1. The quantitative estimate of drug-likeness (QED) is 0.533. The molecule has 9 nitrogen and oxygen atoms in total. The topological polar surface area (TPSA) is 136 Å². The largest absolute Gasteiger partial charge is 0.480 e. The van der Waals surface area contributed by atoms with Crippen LogP contribution in [0.2, 0.25) is 0 Å². The van der Waals surface area contributed by atoms with E-state index in [9.17, 15) is 23.3 Å². The van der Waals surface area contributed by atoms with E-state index in [-0.39, 0.29) is 17.2 Å². The fourth-order valence-electron chi connectivity index (χ4n) is 1.32. The van der Waals surface area contributed by atoms with E-state index < -0.39 is 27.0 Å². The number of benzene rings is 1. The van der Waals surface area contributed by atoms with Crippen molar-refractivity contribution < 1.29 is 28.0 Å². The molecule has 0 saturated heterocycles. The molecule has 110 valence electrons. The lowest BCUT2D eigenvalue weighted by Crippen LogP contribution is -2.43. The summed E-state index contributed by atoms with van der Waals surface area (Å²) in [7, 11) is -2.87. The number of sulfonamides is 1. The molecule has 0 bridgehead atoms. The Labute approximate surface area is 114 Å². The molecule has 0 aromatic heterocycles. The molecule has 1 rings (SSSR count). The number of nitrogens with one attached hydrogen (secondary N) is 1. The Kier molecular flexibility index (Phi) is 5.13. The standard InChI is InChI=1S/C10H12N2O7S/c1-19-6-9(10(13)14)11-20(17,18)8-4-2-7(3-5-8)12(15)16/h2-5,9,11H,6H2,1H3,(H,13,14). The second-order valence-electron chi connectivity index (χ2n) is 3.72. The van der Waals surface area contributed by atoms with Gasteiger partial charge in [-0.15, -0.1) is 0 Å². The number of nitrogens with zero attached hydrogens (tertiary/aromatic N) is 1. The highest BCUT2D eigenvalue weighted by Crippen LogP contribution is 2.15. The number of carbonyl (C=O) groups is 1. The van der Waals surface area contributed by atoms with Crippen LogP contribution in [-0.4, -0.2) is 44.2 Å². The molecule has 0 saturated carbocycles. The van der Waals surface area contributed by atoms with Crippen molar-refractivity contribution in [3.05, 3.63) is 34.4 Å². The predicted molar refractivity (Wildman–Crippen MR) is 66.7 cm³/mol. The number of hydrogen-bond acceptors (Lipinski definition) is 6. The normalized spacial score (nSPS) is 12.8. The summed E-state index contributed by atoms with van der Waals surface area (Å²) in [4.78, 5) is 20.4. The van der Waals surface area contributed by atoms with Crippen LogP contribution < -0.4 is 4.72 Å². The Morgan fingerprint density at radius 1 is 1.45 bits per heavy atom. The van der Waals surface area contributed by atoms with Gasteiger partial charge < -0.3 is 9.84 Å². The van der Waals surface area contributed by atoms with Gasteiger partial charge in [0.15, 0.2) is 0 Å². The zero-order valence-corrected chi connectivity index (χ0v) is 11.2. The SMILES string of the molecule is COCC(NS(=O)(=O)c1ccc([N+](=O)[O-])cc1)C(=O)O. The van der Waals surface area contributed by atoms with Gasteiger partial charge in [-0.2, -0.15) is 4.72 Å². The number of methoxy groups -OCH3 is 1. The molecular formula is C10H12N2O7S. The van der Waals surface area contributed by atoms with Crippen LogP contribution >= 0.6 is 0 Å². The van der Waals surface area contributed by atoms with Crippen LogP contribution in [0.5, 0.6) is 0 Å². The molecule has 20 heavy (non-hydrogen) atoms. The van der Waals surface area contributed by atoms with E-state index >= 15 is 0 Å². The van der Waals surface area contributed by atoms with Crippen molar-refractivity contribution in [3.63, 3.8) is 0 Å². The van der Waals surface area contributed by atoms with Gasteiger partial charge in [0.2, 0.25) is 10.0 Å². The first-order chi connectivity index (χ1) is 9.27. The Balaban J connectivity index is 2.98. The second kappa shape index (κ2) is 6.41. The molecule has 1 atom stereocenters. The van der Waals surface area contributed by atoms with E-state index in [4.69, 9.17) is 5.11 Å². The molecule has 0 aliphatic rings. The van der Waals surface area contributed by atoms with Crippen LogP contribution in [0.1, 0.15) is 0 Å². The van der Waals surface area contributed by atoms with Gasteiger partial charge in [-0.25, -0.2) is 8.42 Å². The zero-order chi connectivity index (χ0) is 15.3. The lowest BCUT2D eigenvalue weighted by molar-refractivity contribution is -0.384. The van der Waals surface area contributed by atoms with Crippen molar-refractivity contribution in [2.24, 2.45) is 0 Å². The highest BCUT2D eigenvalue weighted by molar-refractivity contribution is 7.89. The number of aliphatic carboxylic acids is 1. The minimum absolute atomic E-state index is 0.268. The van der Waals surface area contributed by atoms with E-state index in [2.05, 4.69) is 4.74 Å². The molecule has 0 heterocycles. The van der Waals surface area contributed by atoms with Crippen LogP contribution in [0.15, 0.2) is 29.2 Å². The van der Waals surface area contributed by atoms with Gasteiger partial charge >= 0.3 is 5.97 Å². The predicted octanol–water partition coefficient (Wildman–Crippen LogP) is -0.0273. The average Bonchev–Trinajstić information content (AvgIpc) is 2.38. The molecular weight excluding hydrogens is 292 g/mol. The first-order valence-electron chi connectivity index (χ1n) is 5.26. The van der Waals surface area contributed by atoms with Crippen molar-refractivity contribution >= 4 is 21.7 Å². The Morgan fingerprint density at radius 2 is 2.00 bits per heavy atom. The lowest BCUT2D eigenvalue weighted by Gasteiger charge is -2.13. The Morgan fingerprint density at radius 3 is 2.40 bits per heavy atom. The smallest absolute Gasteiger partial charge is 0.324 e. The van der Waals surface area contributed by atoms with E-state index in [0.29, 0.717) is 0 Å². The summed E-state index contributed by atoms with van der Waals surface area (Å²) in [5, 5.41) is 19.3. The van der Waals surface area contributed by atoms with Crippen LogP contribution in [0.3, 0.4) is 0 Å². The molecule has 1 aromatic rings. The number of non-ortho nitro benzene ring substituents is 1. The third-order valence-corrected chi connectivity index (χ3v) is 3.77. The van der Waals surface area contributed by atoms with E-state index in [1.54, 1.807) is 0 Å². The van der Waals surface area contributed by atoms with Crippen LogP contribution in [0, 0.1) is 10.1 Å². The van der Waals surface area contributed by atoms with Gasteiger partial charge in [0.05, 0.1) is 16.4 Å². The molecule has 0 aliphatic carbocycles. The summed E-state index contributed by atoms with van der Waals surface area (Å²) >= 11 is 0. The third-order valence-electron chi connectivity index (χ3n) is 2.29. The van der Waals surface area contributed by atoms with Crippen LogP contribution in [0.4, 0.5) is 5.69 Å². The van der Waals surface area contributed by atoms with Gasteiger partial charge in [-0.3, -0.25) is 14.9 Å². The number of ether oxygens (including phenoxy) is 1. The Bertz CT molecular complexity index is 597. The first-order valence-corrected chi connectivity index (χ1v) is 6.75. The van der Waals surface area contributed by atoms with Gasteiger partial charge in [-0.05, 0) is 12.1 Å². The molecule has 1 unspecified atom stereocenters. The molecule has 1 aromatic carbocycles. The minimum atomic E-state index is -4.10. The van der Waals surface area contributed by atoms with E-state index in [1.807, 2.05) is 4.72 Å². The number of carboxylic acid groups (broad SMARTS) is 1. The minimum Gasteiger partial charge on any atom is -0.480 e. The summed E-state index contributed by atoms with van der Waals surface area (Å²) in [6, 6.07) is 2.62. The monoisotopic (exact) mass is 304 g/mol. The van der Waals surface area contributed by atoms with Crippen LogP contribution in [0.25, 0.3) is 0 Å². The van der Waals surface area contributed by atoms with Crippen molar-refractivity contribution in [3.8, 4) is 0 Å². The van der Waals surface area contributed by atoms with E-state index in [0.717, 1.165) is 24.3 Å². The van der Waals surface area contributed by atoms with Crippen molar-refractivity contribution in [2.45, 2.75) is 10.9 Å². The summed E-state index contributed by atoms with van der Waals surface area (Å²) < 4.78 is 30.3. The van der Waals surface area contributed by atoms with Gasteiger partial charge in [-0.1, -0.05) is 0 Å². The number of hydrogen-bond donors (Lipinski definition) is 2. The average molecular weight is 304 g/mol. The fourth-order valence-corrected chi connectivity index (χ4v) is 2.50. The van der Waals surface area contributed by atoms with Crippen LogP contribution in [-0.2, 0) is 19.6 Å². The van der Waals surface area contributed by atoms with E-state index in [1.165, 1.54) is 7.11 Å². The summed E-state index contributed by atoms with van der Waals surface area (Å²) in [6.45, 7) is -0.346. The maximum Gasteiger partial charge on any atom is 0.324 e. The Hall–Kier alpha value is -2.04. The third kappa shape index (κ3) is 3.98. The molecule has 2 N–H and O–H groups in total. The molecule has 0 radical (unpaired) electrons. The molecule has 0 spiro atoms. The number of rotatable bonds is 7. The highest BCUT2D eigenvalue weighted by atomic mass is 32.2. The van der Waals surface area contributed by atoms with Crippen molar-refractivity contribution in [2.75, 3.05) is 13.7 Å². The lowest BCUT2D eigenvalue weighted by atomic mass is 10.3. The van der Waals surface area contributed by atoms with Gasteiger partial charge in [0.25, 0.3) is 5.69 Å². The number of carboxylic acids is 1. The molecule has 0 amide bonds. The first kappa shape index (κ1) is 16.0. The summed E-state index contributed by atoms with van der Waals surface area (Å²) in [5.41, 5.74) is -0.268. The highest BCUT2D eigenvalue weighted by Gasteiger charge is 2.25. The fraction of sp³-hybridized carbons (Fsp3) is 0.300. The maximum atomic E-state index is 11.9. The van der Waals surface area contributed by atoms with Gasteiger partial charge in [0, 0.05) is 19.2 Å². The second-order valence-corrected chi connectivity index (χ2v) is 5.43. The van der Waals surface area contributed by atoms with Gasteiger partial charge in [0.1, 0.15) is 6.04 Å².